The van der Waals surface area contributed by atoms with Gasteiger partial charge in [-0.05, 0) is 135 Å². The Morgan fingerprint density at radius 1 is 0.661 bits per heavy atom. The van der Waals surface area contributed by atoms with E-state index in [1.54, 1.807) is 0 Å². The van der Waals surface area contributed by atoms with E-state index in [0.29, 0.717) is 0 Å². The molecule has 9 rings (SSSR count). The summed E-state index contributed by atoms with van der Waals surface area (Å²) in [6, 6.07) is 45.2. The SMILES string of the molecule is C=Cc1c(CCC)n(-c2cc(-c3ccc(N(c4ccc(C)cc4)c4ccc(C)cc4)cc3)cc(-c3cc4c(n3C3=CCCC=C3)CCC=C4)c2)c2ccccc12. The molecule has 276 valence electrons. The molecule has 3 nitrogen and oxygen atoms in total. The fourth-order valence-corrected chi connectivity index (χ4v) is 8.69. The number of aromatic nitrogens is 2. The molecular weight excluding hydrogens is 679 g/mol. The van der Waals surface area contributed by atoms with Gasteiger partial charge in [0.15, 0.2) is 0 Å². The molecule has 0 amide bonds. The van der Waals surface area contributed by atoms with Gasteiger partial charge < -0.3 is 14.0 Å². The van der Waals surface area contributed by atoms with Crippen LogP contribution in [0.3, 0.4) is 0 Å². The minimum atomic E-state index is 0.964. The van der Waals surface area contributed by atoms with Crippen LogP contribution in [0.1, 0.15) is 66.2 Å². The Bertz CT molecular complexity index is 2610. The maximum absolute atomic E-state index is 4.30. The van der Waals surface area contributed by atoms with Gasteiger partial charge in [0.1, 0.15) is 0 Å². The highest BCUT2D eigenvalue weighted by molar-refractivity contribution is 5.93. The monoisotopic (exact) mass is 727 g/mol. The fraction of sp³-hybridized carbons (Fsp3) is 0.170. The summed E-state index contributed by atoms with van der Waals surface area (Å²) >= 11 is 0. The van der Waals surface area contributed by atoms with Crippen molar-refractivity contribution in [2.75, 3.05) is 4.90 Å². The summed E-state index contributed by atoms with van der Waals surface area (Å²) < 4.78 is 5.04. The van der Waals surface area contributed by atoms with Crippen molar-refractivity contribution in [1.29, 1.82) is 0 Å². The molecule has 0 fully saturated rings. The molecule has 0 aliphatic heterocycles. The Morgan fingerprint density at radius 3 is 1.98 bits per heavy atom. The van der Waals surface area contributed by atoms with Crippen LogP contribution in [0.2, 0.25) is 0 Å². The van der Waals surface area contributed by atoms with Gasteiger partial charge >= 0.3 is 0 Å². The van der Waals surface area contributed by atoms with Crippen LogP contribution in [0.4, 0.5) is 17.1 Å². The lowest BCUT2D eigenvalue weighted by molar-refractivity contribution is 0.851. The Labute approximate surface area is 331 Å². The molecule has 2 heterocycles. The van der Waals surface area contributed by atoms with E-state index in [4.69, 9.17) is 0 Å². The van der Waals surface area contributed by atoms with Gasteiger partial charge in [0.2, 0.25) is 0 Å². The Morgan fingerprint density at radius 2 is 1.32 bits per heavy atom. The Kier molecular flexibility index (Phi) is 9.53. The summed E-state index contributed by atoms with van der Waals surface area (Å²) in [5.41, 5.74) is 19.7. The highest BCUT2D eigenvalue weighted by Crippen LogP contribution is 2.41. The third kappa shape index (κ3) is 6.47. The van der Waals surface area contributed by atoms with Gasteiger partial charge in [-0.25, -0.2) is 0 Å². The fourth-order valence-electron chi connectivity index (χ4n) is 8.69. The lowest BCUT2D eigenvalue weighted by atomic mass is 9.99. The van der Waals surface area contributed by atoms with Crippen molar-refractivity contribution < 1.29 is 0 Å². The average molecular weight is 728 g/mol. The predicted octanol–water partition coefficient (Wildman–Crippen LogP) is 14.6. The number of nitrogens with zero attached hydrogens (tertiary/aromatic N) is 3. The van der Waals surface area contributed by atoms with Gasteiger partial charge in [0.25, 0.3) is 0 Å². The van der Waals surface area contributed by atoms with Gasteiger partial charge in [-0.15, -0.1) is 0 Å². The molecule has 0 spiro atoms. The summed E-state index contributed by atoms with van der Waals surface area (Å²) in [5, 5.41) is 1.25. The maximum atomic E-state index is 4.30. The summed E-state index contributed by atoms with van der Waals surface area (Å²) in [7, 11) is 0. The van der Waals surface area contributed by atoms with Crippen LogP contribution in [-0.2, 0) is 12.8 Å². The summed E-state index contributed by atoms with van der Waals surface area (Å²) in [6.07, 6.45) is 20.0. The van der Waals surface area contributed by atoms with Gasteiger partial charge in [-0.1, -0.05) is 116 Å². The first-order valence-corrected chi connectivity index (χ1v) is 20.2. The molecule has 0 saturated carbocycles. The number of anilines is 3. The molecule has 0 bridgehead atoms. The summed E-state index contributed by atoms with van der Waals surface area (Å²) in [4.78, 5) is 2.35. The van der Waals surface area contributed by atoms with E-state index in [9.17, 15) is 0 Å². The van der Waals surface area contributed by atoms with E-state index in [0.717, 1.165) is 55.6 Å². The predicted molar refractivity (Wildman–Crippen MR) is 240 cm³/mol. The van der Waals surface area contributed by atoms with Crippen LogP contribution in [0.15, 0.2) is 152 Å². The number of aryl methyl sites for hydroxylation is 2. The molecule has 2 aliphatic carbocycles. The molecule has 0 atom stereocenters. The van der Waals surface area contributed by atoms with Crippen LogP contribution in [0.5, 0.6) is 0 Å². The van der Waals surface area contributed by atoms with Crippen LogP contribution >= 0.6 is 0 Å². The van der Waals surface area contributed by atoms with E-state index < -0.39 is 0 Å². The summed E-state index contributed by atoms with van der Waals surface area (Å²) in [6.45, 7) is 10.8. The molecule has 0 radical (unpaired) electrons. The molecule has 56 heavy (non-hydrogen) atoms. The van der Waals surface area contributed by atoms with Crippen molar-refractivity contribution in [1.82, 2.24) is 9.13 Å². The summed E-state index contributed by atoms with van der Waals surface area (Å²) in [5.74, 6) is 0. The first kappa shape index (κ1) is 35.4. The minimum absolute atomic E-state index is 0.964. The number of fused-ring (bicyclic) bond motifs is 2. The quantitative estimate of drug-likeness (QED) is 0.137. The van der Waals surface area contributed by atoms with Gasteiger partial charge in [0.05, 0.1) is 11.2 Å². The molecule has 5 aromatic carbocycles. The zero-order valence-electron chi connectivity index (χ0n) is 32.8. The lowest BCUT2D eigenvalue weighted by Crippen LogP contribution is -2.09. The number of hydrogen-bond acceptors (Lipinski definition) is 1. The molecular formula is C53H49N3. The Balaban J connectivity index is 1.25. The van der Waals surface area contributed by atoms with E-state index in [2.05, 4.69) is 199 Å². The van der Waals surface area contributed by atoms with Crippen molar-refractivity contribution in [2.24, 2.45) is 0 Å². The van der Waals surface area contributed by atoms with Crippen LogP contribution in [0, 0.1) is 13.8 Å². The van der Waals surface area contributed by atoms with Crippen LogP contribution in [-0.4, -0.2) is 9.13 Å². The van der Waals surface area contributed by atoms with Crippen molar-refractivity contribution in [3.63, 3.8) is 0 Å². The highest BCUT2D eigenvalue weighted by Gasteiger charge is 2.22. The van der Waals surface area contributed by atoms with Crippen LogP contribution < -0.4 is 4.90 Å². The number of para-hydroxylation sites is 1. The lowest BCUT2D eigenvalue weighted by Gasteiger charge is -2.26. The average Bonchev–Trinajstić information content (AvgIpc) is 3.79. The molecule has 2 aromatic heterocycles. The minimum Gasteiger partial charge on any atom is -0.313 e. The molecule has 0 N–H and O–H groups in total. The smallest absolute Gasteiger partial charge is 0.0538 e. The van der Waals surface area contributed by atoms with E-state index in [1.807, 2.05) is 0 Å². The number of benzene rings is 5. The third-order valence-electron chi connectivity index (χ3n) is 11.4. The molecule has 3 heteroatoms. The largest absolute Gasteiger partial charge is 0.313 e. The normalized spacial score (nSPS) is 13.5. The van der Waals surface area contributed by atoms with Gasteiger partial charge in [0, 0.05) is 56.3 Å². The third-order valence-corrected chi connectivity index (χ3v) is 11.4. The standard InChI is InChI=1S/C53H49N3/c1-5-14-51-48(6-2)49-18-11-13-20-52(49)56(51)47-34-41(33-42(35-47)53-36-40-15-10-12-19-50(40)55(53)43-16-8-7-9-17-43)39-25-31-46(32-26-39)54(44-27-21-37(3)22-28-44)45-29-23-38(4)24-30-45/h6,8,10-11,13,15-18,20-36H,2,5,7,9,12,14,19H2,1,3-4H3. The van der Waals surface area contributed by atoms with Crippen LogP contribution in [0.25, 0.3) is 56.8 Å². The zero-order chi connectivity index (χ0) is 38.2. The number of allylic oxidation sites excluding steroid dienone is 5. The first-order valence-electron chi connectivity index (χ1n) is 20.2. The number of hydrogen-bond donors (Lipinski definition) is 0. The van der Waals surface area contributed by atoms with Gasteiger partial charge in [-0.3, -0.25) is 0 Å². The van der Waals surface area contributed by atoms with E-state index in [-0.39, 0.29) is 0 Å². The zero-order valence-corrected chi connectivity index (χ0v) is 32.8. The van der Waals surface area contributed by atoms with Crippen molar-refractivity contribution in [3.05, 3.63) is 186 Å². The second kappa shape index (κ2) is 15.1. The molecule has 7 aromatic rings. The van der Waals surface area contributed by atoms with Crippen molar-refractivity contribution in [3.8, 4) is 28.1 Å². The van der Waals surface area contributed by atoms with Crippen molar-refractivity contribution >= 4 is 45.8 Å². The highest BCUT2D eigenvalue weighted by atomic mass is 15.1. The molecule has 0 saturated heterocycles. The first-order chi connectivity index (χ1) is 27.5. The van der Waals surface area contributed by atoms with E-state index >= 15 is 0 Å². The second-order valence-corrected chi connectivity index (χ2v) is 15.3. The van der Waals surface area contributed by atoms with E-state index in [1.165, 1.54) is 78.3 Å². The van der Waals surface area contributed by atoms with Crippen molar-refractivity contribution in [2.45, 2.75) is 59.3 Å². The molecule has 0 unspecified atom stereocenters. The molecule has 2 aliphatic rings. The maximum Gasteiger partial charge on any atom is 0.0538 e. The second-order valence-electron chi connectivity index (χ2n) is 15.3. The van der Waals surface area contributed by atoms with Gasteiger partial charge in [-0.2, -0.15) is 0 Å². The Hall–Kier alpha value is -6.32. The topological polar surface area (TPSA) is 13.1 Å². The number of rotatable bonds is 10.